The number of thiocarbonyl (C=S) groups is 1. The van der Waals surface area contributed by atoms with Gasteiger partial charge in [0.25, 0.3) is 0 Å². The fourth-order valence-corrected chi connectivity index (χ4v) is 1.40. The highest BCUT2D eigenvalue weighted by Crippen LogP contribution is 2.33. The molecular weight excluding hydrogens is 239 g/mol. The molecular formula is C6H5ClF3N3S. The van der Waals surface area contributed by atoms with E-state index in [0.29, 0.717) is 0 Å². The Kier molecular flexibility index (Phi) is 2.73. The summed E-state index contributed by atoms with van der Waals surface area (Å²) in [6.07, 6.45) is -4.61. The van der Waals surface area contributed by atoms with Crippen molar-refractivity contribution < 1.29 is 13.2 Å². The Morgan fingerprint density at radius 1 is 1.57 bits per heavy atom. The van der Waals surface area contributed by atoms with Gasteiger partial charge in [0.05, 0.1) is 5.56 Å². The van der Waals surface area contributed by atoms with Crippen LogP contribution >= 0.6 is 23.8 Å². The van der Waals surface area contributed by atoms with E-state index in [1.165, 1.54) is 7.05 Å². The Bertz CT molecular complexity index is 384. The monoisotopic (exact) mass is 243 g/mol. The predicted octanol–water partition coefficient (Wildman–Crippen LogP) is 1.73. The molecule has 0 bridgehead atoms. The van der Waals surface area contributed by atoms with Gasteiger partial charge in [-0.3, -0.25) is 4.68 Å². The molecule has 0 unspecified atom stereocenters. The minimum atomic E-state index is -4.61. The summed E-state index contributed by atoms with van der Waals surface area (Å²) in [7, 11) is 1.28. The molecule has 0 aromatic carbocycles. The van der Waals surface area contributed by atoms with Crippen molar-refractivity contribution in [3.63, 3.8) is 0 Å². The standard InChI is InChI=1S/C6H5ClF3N3S/c1-13-4(7)2(5(11)14)3(12-13)6(8,9)10/h1H3,(H2,11,14). The number of nitrogens with two attached hydrogens (primary N) is 1. The van der Waals surface area contributed by atoms with Gasteiger partial charge >= 0.3 is 6.18 Å². The minimum Gasteiger partial charge on any atom is -0.389 e. The number of hydrogen-bond acceptors (Lipinski definition) is 2. The third-order valence-electron chi connectivity index (χ3n) is 1.49. The van der Waals surface area contributed by atoms with Crippen LogP contribution in [0.5, 0.6) is 0 Å². The second-order valence-electron chi connectivity index (χ2n) is 2.50. The highest BCUT2D eigenvalue weighted by Gasteiger charge is 2.39. The minimum absolute atomic E-state index is 0.218. The average molecular weight is 244 g/mol. The third-order valence-corrected chi connectivity index (χ3v) is 2.13. The Morgan fingerprint density at radius 3 is 2.36 bits per heavy atom. The molecule has 1 aromatic rings. The maximum absolute atomic E-state index is 12.4. The molecule has 78 valence electrons. The Morgan fingerprint density at radius 2 is 2.07 bits per heavy atom. The quantitative estimate of drug-likeness (QED) is 0.764. The maximum atomic E-state index is 12.4. The van der Waals surface area contributed by atoms with Gasteiger partial charge in [-0.1, -0.05) is 23.8 Å². The van der Waals surface area contributed by atoms with Gasteiger partial charge in [-0.05, 0) is 0 Å². The highest BCUT2D eigenvalue weighted by molar-refractivity contribution is 7.80. The largest absolute Gasteiger partial charge is 0.435 e. The summed E-state index contributed by atoms with van der Waals surface area (Å²) >= 11 is 10.0. The van der Waals surface area contributed by atoms with Crippen LogP contribution in [-0.4, -0.2) is 14.8 Å². The molecule has 0 saturated heterocycles. The van der Waals surface area contributed by atoms with Gasteiger partial charge in [0.1, 0.15) is 10.1 Å². The van der Waals surface area contributed by atoms with Gasteiger partial charge in [-0.2, -0.15) is 18.3 Å². The van der Waals surface area contributed by atoms with E-state index < -0.39 is 22.4 Å². The van der Waals surface area contributed by atoms with Crippen molar-refractivity contribution in [2.75, 3.05) is 0 Å². The molecule has 0 amide bonds. The van der Waals surface area contributed by atoms with Crippen LogP contribution in [0.2, 0.25) is 5.15 Å². The van der Waals surface area contributed by atoms with Gasteiger partial charge in [0, 0.05) is 7.05 Å². The molecule has 8 heteroatoms. The van der Waals surface area contributed by atoms with Gasteiger partial charge in [0.2, 0.25) is 0 Å². The number of aromatic nitrogens is 2. The molecule has 0 spiro atoms. The molecule has 14 heavy (non-hydrogen) atoms. The normalized spacial score (nSPS) is 11.8. The maximum Gasteiger partial charge on any atom is 0.435 e. The lowest BCUT2D eigenvalue weighted by Crippen LogP contribution is -2.17. The van der Waals surface area contributed by atoms with Crippen LogP contribution in [0.1, 0.15) is 11.3 Å². The summed E-state index contributed by atoms with van der Waals surface area (Å²) in [4.78, 5) is -0.421. The lowest BCUT2D eigenvalue weighted by atomic mass is 10.2. The van der Waals surface area contributed by atoms with E-state index in [2.05, 4.69) is 17.3 Å². The molecule has 0 saturated carbocycles. The first-order chi connectivity index (χ1) is 6.25. The van der Waals surface area contributed by atoms with Crippen LogP contribution in [-0.2, 0) is 13.2 Å². The summed E-state index contributed by atoms with van der Waals surface area (Å²) in [5.74, 6) is 0. The van der Waals surface area contributed by atoms with Crippen molar-refractivity contribution in [2.24, 2.45) is 12.8 Å². The van der Waals surface area contributed by atoms with Gasteiger partial charge in [0.15, 0.2) is 5.69 Å². The number of nitrogens with zero attached hydrogens (tertiary/aromatic N) is 2. The molecule has 0 radical (unpaired) electrons. The van der Waals surface area contributed by atoms with Crippen molar-refractivity contribution in [2.45, 2.75) is 6.18 Å². The van der Waals surface area contributed by atoms with E-state index in [0.717, 1.165) is 4.68 Å². The third kappa shape index (κ3) is 1.83. The van der Waals surface area contributed by atoms with Crippen LogP contribution < -0.4 is 5.73 Å². The number of halogens is 4. The van der Waals surface area contributed by atoms with E-state index in [4.69, 9.17) is 17.3 Å². The summed E-state index contributed by atoms with van der Waals surface area (Å²) in [6.45, 7) is 0. The zero-order valence-electron chi connectivity index (χ0n) is 6.89. The highest BCUT2D eigenvalue weighted by atomic mass is 35.5. The van der Waals surface area contributed by atoms with E-state index in [-0.39, 0.29) is 5.15 Å². The Labute approximate surface area is 87.6 Å². The second-order valence-corrected chi connectivity index (χ2v) is 3.30. The molecule has 2 N–H and O–H groups in total. The van der Waals surface area contributed by atoms with E-state index in [1.807, 2.05) is 0 Å². The fraction of sp³-hybridized carbons (Fsp3) is 0.333. The molecule has 1 aromatic heterocycles. The average Bonchev–Trinajstić information content (AvgIpc) is 2.27. The van der Waals surface area contributed by atoms with Crippen LogP contribution in [0.25, 0.3) is 0 Å². The van der Waals surface area contributed by atoms with Crippen LogP contribution in [0.3, 0.4) is 0 Å². The zero-order valence-corrected chi connectivity index (χ0v) is 8.46. The molecule has 0 aliphatic carbocycles. The van der Waals surface area contributed by atoms with Crippen molar-refractivity contribution >= 4 is 28.8 Å². The first-order valence-electron chi connectivity index (χ1n) is 3.34. The van der Waals surface area contributed by atoms with Gasteiger partial charge in [-0.15, -0.1) is 0 Å². The van der Waals surface area contributed by atoms with Crippen LogP contribution in [0.15, 0.2) is 0 Å². The summed E-state index contributed by atoms with van der Waals surface area (Å²) in [6, 6.07) is 0. The van der Waals surface area contributed by atoms with E-state index >= 15 is 0 Å². The molecule has 0 fully saturated rings. The van der Waals surface area contributed by atoms with Gasteiger partial charge in [-0.25, -0.2) is 0 Å². The molecule has 0 atom stereocenters. The summed E-state index contributed by atoms with van der Waals surface area (Å²) in [5.41, 5.74) is 3.53. The topological polar surface area (TPSA) is 43.8 Å². The summed E-state index contributed by atoms with van der Waals surface area (Å²) in [5, 5.41) is 2.98. The smallest absolute Gasteiger partial charge is 0.389 e. The van der Waals surface area contributed by atoms with Crippen molar-refractivity contribution in [3.05, 3.63) is 16.4 Å². The molecule has 1 heterocycles. The van der Waals surface area contributed by atoms with E-state index in [9.17, 15) is 13.2 Å². The molecule has 3 nitrogen and oxygen atoms in total. The Balaban J connectivity index is 3.45. The molecule has 0 aliphatic rings. The molecule has 1 rings (SSSR count). The second kappa shape index (κ2) is 3.39. The molecule has 0 aliphatic heterocycles. The van der Waals surface area contributed by atoms with Crippen LogP contribution in [0, 0.1) is 0 Å². The Hall–Kier alpha value is -0.820. The van der Waals surface area contributed by atoms with Crippen LogP contribution in [0.4, 0.5) is 13.2 Å². The lowest BCUT2D eigenvalue weighted by molar-refractivity contribution is -0.141. The van der Waals surface area contributed by atoms with Gasteiger partial charge < -0.3 is 5.73 Å². The predicted molar refractivity (Wildman–Crippen MR) is 49.1 cm³/mol. The van der Waals surface area contributed by atoms with Crippen molar-refractivity contribution in [1.82, 2.24) is 9.78 Å². The lowest BCUT2D eigenvalue weighted by Gasteiger charge is -2.04. The first kappa shape index (κ1) is 11.3. The van der Waals surface area contributed by atoms with E-state index in [1.54, 1.807) is 0 Å². The fourth-order valence-electron chi connectivity index (χ4n) is 0.920. The first-order valence-corrected chi connectivity index (χ1v) is 4.13. The zero-order chi connectivity index (χ0) is 11.1. The van der Waals surface area contributed by atoms with Crippen molar-refractivity contribution in [1.29, 1.82) is 0 Å². The SMILES string of the molecule is Cn1nc(C(F)(F)F)c(C(N)=S)c1Cl. The summed E-state index contributed by atoms with van der Waals surface area (Å²) < 4.78 is 37.9. The number of aryl methyl sites for hydroxylation is 1. The number of alkyl halides is 3. The number of hydrogen-bond donors (Lipinski definition) is 1. The number of rotatable bonds is 1. The van der Waals surface area contributed by atoms with Crippen molar-refractivity contribution in [3.8, 4) is 0 Å².